The number of aromatic nitrogens is 10. The zero-order chi connectivity index (χ0) is 93.8. The fourth-order valence-electron chi connectivity index (χ4n) is 12.2. The number of aliphatic hydroxyl groups is 1. The number of aliphatic hydroxyl groups excluding tert-OH is 1. The number of H-pyrrole nitrogens is 1. The van der Waals surface area contributed by atoms with E-state index < -0.39 is 23.5 Å². The van der Waals surface area contributed by atoms with Crippen molar-refractivity contribution in [3.63, 3.8) is 0 Å². The molecule has 5 aromatic heterocycles. The number of allylic oxidation sites excluding steroid dienone is 1. The summed E-state index contributed by atoms with van der Waals surface area (Å²) in [5, 5.41) is 40.7. The Balaban J connectivity index is 0.000000248. The number of amides is 1. The zero-order valence-corrected chi connectivity index (χ0v) is 79.6. The Morgan fingerprint density at radius 3 is 1.08 bits per heavy atom. The molecule has 30 heteroatoms. The predicted octanol–water partition coefficient (Wildman–Crippen LogP) is 14.5. The molecule has 9 aromatic carbocycles. The summed E-state index contributed by atoms with van der Waals surface area (Å²) in [6, 6.07) is 98.6. The third-order valence-corrected chi connectivity index (χ3v) is 18.4. The summed E-state index contributed by atoms with van der Waals surface area (Å²) >= 11 is 0. The van der Waals surface area contributed by atoms with Crippen LogP contribution in [-0.4, -0.2) is 122 Å². The van der Waals surface area contributed by atoms with Gasteiger partial charge in [0.1, 0.15) is 37.7 Å². The fraction of sp³-hybridized carbons (Fsp3) is 0.262. The minimum atomic E-state index is -0.547. The maximum Gasteiger partial charge on any atom is 1.00 e. The summed E-state index contributed by atoms with van der Waals surface area (Å²) in [6.45, 7) is 20.5. The minimum Gasteiger partial charge on any atom is -0.875 e. The molecule has 692 valence electrons. The van der Waals surface area contributed by atoms with E-state index in [1.807, 2.05) is 261 Å². The summed E-state index contributed by atoms with van der Waals surface area (Å²) in [5.41, 5.74) is 12.0. The number of halogens is 1. The average molecular weight is 1840 g/mol. The number of benzene rings is 9. The molecule has 5 heterocycles. The molecule has 14 rings (SSSR count). The third-order valence-electron chi connectivity index (χ3n) is 18.4. The van der Waals surface area contributed by atoms with Crippen LogP contribution in [0.3, 0.4) is 0 Å². The van der Waals surface area contributed by atoms with Crippen molar-refractivity contribution in [2.75, 3.05) is 26.9 Å². The van der Waals surface area contributed by atoms with Crippen LogP contribution >= 0.6 is 12.4 Å². The second-order valence-corrected chi connectivity index (χ2v) is 30.0. The van der Waals surface area contributed by atoms with Gasteiger partial charge in [-0.05, 0) is 104 Å². The zero-order valence-electron chi connectivity index (χ0n) is 76.8. The Kier molecular flexibility index (Phi) is 48.5. The van der Waals surface area contributed by atoms with Gasteiger partial charge in [0.05, 0.1) is 82.8 Å². The first-order valence-electron chi connectivity index (χ1n) is 43.0. The Hall–Kier alpha value is -14.1. The second-order valence-electron chi connectivity index (χ2n) is 30.0. The molecule has 0 fully saturated rings. The van der Waals surface area contributed by atoms with Crippen molar-refractivity contribution in [2.24, 2.45) is 0 Å². The second kappa shape index (κ2) is 60.0. The standard InChI is InChI=1S/C24H29N3O3.C20H20N2O3.C20H22N2O.C18H18N2O2.C13H14N2O3.C7H12O3.CO2.ClH.Na/c1-24(2,3)30-23(28)26(4)17-21-15-22(29-18-20-13-9-6-10-14-20)27(25-21)16-19-11-7-5-8-12-19;1-2-24-20(23)18-13-19(25-15-17-11-7-4-8-12-17)22(21-18)14-16-9-5-3-6-10-16;1-2-9-19-14-20(23-16-18-12-7-4-8-13-18)22(21-19)15-17-10-5-3-6-11-17;21-13-17-11-18(22-14-16-9-5-2-6-10-16)20(19-17)12-15-7-3-1-4-8-15;1-2-18-13(17)11-8-12(16)15(14-11)9-10-6-4-3-5-7-10;1-3-6(8)5-7(9)10-4-2;2-1-3;;/h5-15H,16-18H2,1-4H3;3-13H,2,14-15H2,1H3;3-8,10-14H,2,9,15-16H2,1H3;1-11,21H,12-14H2;3-8,14H,2,9H2,1H3;5,8H,3-4H2,1-2H3;;1H;/q;;;;;;;;+1/p-1/b;;;;;6-5-;;;. The van der Waals surface area contributed by atoms with Crippen molar-refractivity contribution in [1.82, 2.24) is 53.8 Å². The van der Waals surface area contributed by atoms with E-state index in [-0.39, 0.29) is 90.1 Å². The Morgan fingerprint density at radius 1 is 0.436 bits per heavy atom. The van der Waals surface area contributed by atoms with E-state index in [1.165, 1.54) is 21.2 Å². The molecule has 0 saturated carbocycles. The molecule has 0 radical (unpaired) electrons. The van der Waals surface area contributed by atoms with Crippen LogP contribution in [0, 0.1) is 0 Å². The molecule has 0 aliphatic heterocycles. The molecule has 0 atom stereocenters. The Bertz CT molecular complexity index is 5780. The van der Waals surface area contributed by atoms with E-state index in [0.29, 0.717) is 102 Å². The van der Waals surface area contributed by atoms with Crippen molar-refractivity contribution in [2.45, 2.75) is 153 Å². The van der Waals surface area contributed by atoms with E-state index in [9.17, 15) is 34.2 Å². The molecule has 1 amide bonds. The number of esters is 3. The van der Waals surface area contributed by atoms with Crippen molar-refractivity contribution in [1.29, 1.82) is 0 Å². The van der Waals surface area contributed by atoms with Crippen LogP contribution in [0.1, 0.15) is 156 Å². The van der Waals surface area contributed by atoms with Gasteiger partial charge in [-0.3, -0.25) is 9.89 Å². The molecular weight excluding hydrogens is 1720 g/mol. The quantitative estimate of drug-likeness (QED) is 0.0124. The van der Waals surface area contributed by atoms with Gasteiger partial charge in [0.25, 0.3) is 5.56 Å². The molecule has 2 N–H and O–H groups in total. The van der Waals surface area contributed by atoms with Crippen molar-refractivity contribution in [3.05, 3.63) is 404 Å². The summed E-state index contributed by atoms with van der Waals surface area (Å²) < 4.78 is 52.3. The number of rotatable bonds is 34. The van der Waals surface area contributed by atoms with Crippen LogP contribution in [0.15, 0.2) is 320 Å². The van der Waals surface area contributed by atoms with Crippen molar-refractivity contribution < 1.29 is 106 Å². The first kappa shape index (κ1) is 108. The van der Waals surface area contributed by atoms with Crippen LogP contribution in [0.25, 0.3) is 0 Å². The van der Waals surface area contributed by atoms with Crippen LogP contribution in [0.4, 0.5) is 4.79 Å². The number of nitrogens with one attached hydrogen (secondary N) is 1. The fourth-order valence-corrected chi connectivity index (χ4v) is 12.2. The molecule has 28 nitrogen and oxygen atoms in total. The molecule has 0 unspecified atom stereocenters. The maximum absolute atomic E-state index is 12.3. The average Bonchev–Trinajstić information content (AvgIpc) is 1.71. The van der Waals surface area contributed by atoms with Gasteiger partial charge in [-0.1, -0.05) is 293 Å². The van der Waals surface area contributed by atoms with Gasteiger partial charge >= 0.3 is 59.7 Å². The van der Waals surface area contributed by atoms with Crippen molar-refractivity contribution in [3.8, 4) is 23.5 Å². The first-order valence-corrected chi connectivity index (χ1v) is 43.0. The van der Waals surface area contributed by atoms with E-state index in [1.54, 1.807) is 56.2 Å². The van der Waals surface area contributed by atoms with Crippen molar-refractivity contribution >= 4 is 42.6 Å². The molecule has 133 heavy (non-hydrogen) atoms. The number of aryl methyl sites for hydroxylation is 1. The number of carbonyl (C=O) groups is 4. The number of carbonyl (C=O) groups excluding carboxylic acids is 6. The molecular formula is C103H115ClN11NaO17. The van der Waals surface area contributed by atoms with E-state index in [2.05, 4.69) is 86.7 Å². The number of nitrogens with zero attached hydrogens (tertiary/aromatic N) is 10. The number of aromatic amines is 1. The smallest absolute Gasteiger partial charge is 0.875 e. The van der Waals surface area contributed by atoms with Gasteiger partial charge in [0, 0.05) is 43.5 Å². The van der Waals surface area contributed by atoms with E-state index in [0.717, 1.165) is 87.2 Å². The maximum atomic E-state index is 12.3. The molecule has 0 saturated heterocycles. The number of hydrogen-bond donors (Lipinski definition) is 2. The summed E-state index contributed by atoms with van der Waals surface area (Å²) in [6.07, 6.45) is 3.25. The van der Waals surface area contributed by atoms with E-state index in [4.69, 9.17) is 47.8 Å². The number of ether oxygens (including phenoxy) is 8. The molecule has 0 bridgehead atoms. The summed E-state index contributed by atoms with van der Waals surface area (Å²) in [4.78, 5) is 75.7. The van der Waals surface area contributed by atoms with Crippen LogP contribution in [0.2, 0.25) is 0 Å². The van der Waals surface area contributed by atoms with Crippen LogP contribution < -0.4 is 59.2 Å². The molecule has 0 aliphatic rings. The topological polar surface area (TPSA) is 332 Å². The summed E-state index contributed by atoms with van der Waals surface area (Å²) in [7, 11) is 1.70. The Morgan fingerprint density at radius 2 is 0.744 bits per heavy atom. The van der Waals surface area contributed by atoms with Gasteiger partial charge < -0.3 is 53.0 Å². The minimum absolute atomic E-state index is 0. The van der Waals surface area contributed by atoms with E-state index >= 15 is 0 Å². The number of hydrogen-bond acceptors (Lipinski definition) is 21. The van der Waals surface area contributed by atoms with Gasteiger partial charge in [-0.25, -0.2) is 42.6 Å². The third kappa shape index (κ3) is 40.0. The van der Waals surface area contributed by atoms with Crippen LogP contribution in [-0.2, 0) is 112 Å². The molecule has 0 aliphatic carbocycles. The predicted molar refractivity (Wildman–Crippen MR) is 502 cm³/mol. The van der Waals surface area contributed by atoms with Crippen LogP contribution in [0.5, 0.6) is 23.5 Å². The first-order chi connectivity index (χ1) is 63.6. The monoisotopic (exact) mass is 1840 g/mol. The Labute approximate surface area is 804 Å². The molecule has 0 spiro atoms. The normalized spacial score (nSPS) is 10.4. The SMILES string of the molecule is CCCc1cc(OCc2ccccc2)n(Cc2ccccc2)n1.CCOC(=O)/C=C(\[O-])CC.CCOC(=O)c1cc(=O)n(Cc2ccccc2)[nH]1.CCOC(=O)c1cc(OCc2ccccc2)n(Cc2ccccc2)n1.CN(Cc1cc(OCc2ccccc2)n(Cc2ccccc2)n1)C(=O)OC(C)(C)C.Cl.O=C=O.OCc1cc(OCc2ccccc2)n(Cc2ccccc2)n1.[Na+]. The summed E-state index contributed by atoms with van der Waals surface area (Å²) in [5.74, 6) is 0.997. The van der Waals surface area contributed by atoms with Gasteiger partial charge in [-0.2, -0.15) is 30.0 Å². The van der Waals surface area contributed by atoms with Gasteiger partial charge in [-0.15, -0.1) is 18.2 Å². The molecule has 14 aromatic rings. The largest absolute Gasteiger partial charge is 1.00 e. The van der Waals surface area contributed by atoms with Gasteiger partial charge in [0.15, 0.2) is 5.69 Å². The van der Waals surface area contributed by atoms with Gasteiger partial charge in [0.2, 0.25) is 23.5 Å².